The van der Waals surface area contributed by atoms with Crippen molar-refractivity contribution in [3.8, 4) is 5.75 Å². The highest BCUT2D eigenvalue weighted by molar-refractivity contribution is 7.93. The number of nitrogens with zero attached hydrogens (tertiary/aromatic N) is 1. The number of hydrogen-bond donors (Lipinski definition) is 0. The summed E-state index contributed by atoms with van der Waals surface area (Å²) in [6, 6.07) is 17.1. The van der Waals surface area contributed by atoms with Crippen LogP contribution in [-0.4, -0.2) is 21.6 Å². The van der Waals surface area contributed by atoms with Crippen LogP contribution < -0.4 is 9.04 Å². The van der Waals surface area contributed by atoms with Crippen molar-refractivity contribution in [2.75, 3.05) is 17.5 Å². The third-order valence-electron chi connectivity index (χ3n) is 4.44. The molecule has 0 saturated carbocycles. The minimum absolute atomic E-state index is 0.281. The fourth-order valence-electron chi connectivity index (χ4n) is 3.46. The van der Waals surface area contributed by atoms with E-state index < -0.39 is 10.0 Å². The zero-order valence-corrected chi connectivity index (χ0v) is 15.0. The summed E-state index contributed by atoms with van der Waals surface area (Å²) >= 11 is 0. The highest BCUT2D eigenvalue weighted by Gasteiger charge is 2.35. The quantitative estimate of drug-likeness (QED) is 0.711. The van der Waals surface area contributed by atoms with Gasteiger partial charge in [-0.2, -0.15) is 0 Å². The first kappa shape index (κ1) is 16.0. The number of anilines is 1. The molecule has 4 nitrogen and oxygen atoms in total. The maximum atomic E-state index is 12.9. The van der Waals surface area contributed by atoms with Crippen LogP contribution in [0.15, 0.2) is 59.5 Å². The first-order chi connectivity index (χ1) is 12.0. The Balaban J connectivity index is 1.60. The number of aryl methyl sites for hydroxylation is 2. The van der Waals surface area contributed by atoms with E-state index in [0.717, 1.165) is 33.3 Å². The average molecular weight is 353 g/mol. The predicted octanol–water partition coefficient (Wildman–Crippen LogP) is 4.04. The number of hydrogen-bond acceptors (Lipinski definition) is 3. The molecule has 1 aliphatic heterocycles. The normalized spacial score (nSPS) is 14.9. The van der Waals surface area contributed by atoms with Crippen LogP contribution in [0.25, 0.3) is 10.8 Å². The van der Waals surface area contributed by atoms with E-state index in [1.807, 2.05) is 50.2 Å². The van der Waals surface area contributed by atoms with E-state index in [0.29, 0.717) is 11.5 Å². The van der Waals surface area contributed by atoms with Crippen molar-refractivity contribution in [3.05, 3.63) is 65.7 Å². The van der Waals surface area contributed by atoms with Crippen LogP contribution in [0.2, 0.25) is 0 Å². The molecule has 0 radical (unpaired) electrons. The molecule has 0 fully saturated rings. The van der Waals surface area contributed by atoms with Gasteiger partial charge in [0.15, 0.2) is 0 Å². The van der Waals surface area contributed by atoms with Crippen molar-refractivity contribution in [1.29, 1.82) is 0 Å². The summed E-state index contributed by atoms with van der Waals surface area (Å²) in [4.78, 5) is 0.381. The van der Waals surface area contributed by atoms with Gasteiger partial charge in [-0.25, -0.2) is 8.42 Å². The molecular weight excluding hydrogens is 334 g/mol. The monoisotopic (exact) mass is 353 g/mol. The van der Waals surface area contributed by atoms with Crippen LogP contribution in [-0.2, 0) is 10.0 Å². The van der Waals surface area contributed by atoms with Gasteiger partial charge in [-0.1, -0.05) is 30.3 Å². The lowest BCUT2D eigenvalue weighted by Crippen LogP contribution is -2.31. The van der Waals surface area contributed by atoms with Crippen LogP contribution in [0.3, 0.4) is 0 Å². The molecule has 0 aromatic heterocycles. The molecule has 5 heteroatoms. The Morgan fingerprint density at radius 1 is 0.960 bits per heavy atom. The maximum absolute atomic E-state index is 12.9. The highest BCUT2D eigenvalue weighted by Crippen LogP contribution is 2.41. The second-order valence-corrected chi connectivity index (χ2v) is 8.21. The van der Waals surface area contributed by atoms with Gasteiger partial charge in [0.05, 0.1) is 17.1 Å². The predicted molar refractivity (Wildman–Crippen MR) is 99.9 cm³/mol. The molecule has 0 aliphatic carbocycles. The second kappa shape index (κ2) is 5.77. The second-order valence-electron chi connectivity index (χ2n) is 6.38. The van der Waals surface area contributed by atoms with Gasteiger partial charge >= 0.3 is 0 Å². The zero-order chi connectivity index (χ0) is 17.6. The van der Waals surface area contributed by atoms with E-state index >= 15 is 0 Å². The van der Waals surface area contributed by atoms with Crippen molar-refractivity contribution in [2.24, 2.45) is 0 Å². The van der Waals surface area contributed by atoms with E-state index in [-0.39, 0.29) is 6.54 Å². The number of sulfonamides is 1. The Morgan fingerprint density at radius 3 is 2.36 bits per heavy atom. The van der Waals surface area contributed by atoms with Gasteiger partial charge in [-0.05, 0) is 54.6 Å². The van der Waals surface area contributed by atoms with Crippen LogP contribution >= 0.6 is 0 Å². The molecular formula is C20H19NO3S. The van der Waals surface area contributed by atoms with Gasteiger partial charge in [0.2, 0.25) is 0 Å². The van der Waals surface area contributed by atoms with Crippen molar-refractivity contribution < 1.29 is 13.2 Å². The maximum Gasteiger partial charge on any atom is 0.265 e. The average Bonchev–Trinajstić information content (AvgIpc) is 2.77. The van der Waals surface area contributed by atoms with Gasteiger partial charge < -0.3 is 4.74 Å². The Hall–Kier alpha value is -2.53. The minimum atomic E-state index is -3.52. The highest BCUT2D eigenvalue weighted by atomic mass is 32.2. The summed E-state index contributed by atoms with van der Waals surface area (Å²) in [6.07, 6.45) is 0. The largest absolute Gasteiger partial charge is 0.492 e. The van der Waals surface area contributed by atoms with Gasteiger partial charge in [-0.15, -0.1) is 0 Å². The lowest BCUT2D eigenvalue weighted by molar-refractivity contribution is 0.328. The van der Waals surface area contributed by atoms with E-state index in [1.54, 1.807) is 12.1 Å². The molecule has 0 unspecified atom stereocenters. The SMILES string of the molecule is Cc1cc(C)cc(OCCN2c3cccc4cccc(c34)S2(=O)=O)c1. The molecule has 1 heterocycles. The molecule has 128 valence electrons. The van der Waals surface area contributed by atoms with Crippen molar-refractivity contribution in [1.82, 2.24) is 0 Å². The molecule has 3 aromatic carbocycles. The molecule has 25 heavy (non-hydrogen) atoms. The fourth-order valence-corrected chi connectivity index (χ4v) is 5.16. The van der Waals surface area contributed by atoms with Crippen LogP contribution in [0.5, 0.6) is 5.75 Å². The first-order valence-electron chi connectivity index (χ1n) is 8.22. The minimum Gasteiger partial charge on any atom is -0.492 e. The van der Waals surface area contributed by atoms with E-state index in [4.69, 9.17) is 4.74 Å². The van der Waals surface area contributed by atoms with E-state index in [9.17, 15) is 8.42 Å². The van der Waals surface area contributed by atoms with Gasteiger partial charge in [0, 0.05) is 5.39 Å². The molecule has 0 atom stereocenters. The summed E-state index contributed by atoms with van der Waals surface area (Å²) in [7, 11) is -3.52. The fraction of sp³-hybridized carbons (Fsp3) is 0.200. The molecule has 0 N–H and O–H groups in total. The summed E-state index contributed by atoms with van der Waals surface area (Å²) in [6.45, 7) is 4.61. The van der Waals surface area contributed by atoms with Gasteiger partial charge in [0.25, 0.3) is 10.0 Å². The van der Waals surface area contributed by atoms with E-state index in [1.165, 1.54) is 4.31 Å². The van der Waals surface area contributed by atoms with E-state index in [2.05, 4.69) is 6.07 Å². The van der Waals surface area contributed by atoms with Crippen molar-refractivity contribution in [3.63, 3.8) is 0 Å². The third kappa shape index (κ3) is 2.65. The summed E-state index contributed by atoms with van der Waals surface area (Å²) in [5, 5.41) is 1.74. The smallest absolute Gasteiger partial charge is 0.265 e. The van der Waals surface area contributed by atoms with Crippen molar-refractivity contribution in [2.45, 2.75) is 18.7 Å². The molecule has 4 rings (SSSR count). The topological polar surface area (TPSA) is 46.6 Å². The molecule has 1 aliphatic rings. The van der Waals surface area contributed by atoms with Crippen LogP contribution in [0.4, 0.5) is 5.69 Å². The standard InChI is InChI=1S/C20H19NO3S/c1-14-11-15(2)13-17(12-14)24-10-9-21-18-7-3-5-16-6-4-8-19(20(16)18)25(21,22)23/h3-8,11-13H,9-10H2,1-2H3. The number of ether oxygens (including phenoxy) is 1. The molecule has 0 saturated heterocycles. The number of rotatable bonds is 4. The molecule has 0 bridgehead atoms. The Kier molecular flexibility index (Phi) is 3.69. The first-order valence-corrected chi connectivity index (χ1v) is 9.66. The lowest BCUT2D eigenvalue weighted by atomic mass is 10.1. The summed E-state index contributed by atoms with van der Waals surface area (Å²) < 4.78 is 33.0. The Labute approximate surface area is 147 Å². The van der Waals surface area contributed by atoms with Crippen LogP contribution in [0.1, 0.15) is 11.1 Å². The lowest BCUT2D eigenvalue weighted by Gasteiger charge is -2.19. The number of benzene rings is 3. The Morgan fingerprint density at radius 2 is 1.64 bits per heavy atom. The van der Waals surface area contributed by atoms with Crippen molar-refractivity contribution >= 4 is 26.5 Å². The molecule has 0 spiro atoms. The summed E-state index contributed by atoms with van der Waals surface area (Å²) in [5.74, 6) is 0.768. The molecule has 0 amide bonds. The summed E-state index contributed by atoms with van der Waals surface area (Å²) in [5.41, 5.74) is 2.99. The third-order valence-corrected chi connectivity index (χ3v) is 6.30. The Bertz CT molecular complexity index is 1050. The van der Waals surface area contributed by atoms with Crippen LogP contribution in [0, 0.1) is 13.8 Å². The van der Waals surface area contributed by atoms with Gasteiger partial charge in [0.1, 0.15) is 12.4 Å². The molecule has 3 aromatic rings. The van der Waals surface area contributed by atoms with Gasteiger partial charge in [-0.3, -0.25) is 4.31 Å². The zero-order valence-electron chi connectivity index (χ0n) is 14.2.